The second-order valence-electron chi connectivity index (χ2n) is 3.92. The molecule has 0 aliphatic carbocycles. The quantitative estimate of drug-likeness (QED) is 0.796. The maximum absolute atomic E-state index is 5.73. The lowest BCUT2D eigenvalue weighted by atomic mass is 10.1. The minimum atomic E-state index is 0.374. The topological polar surface area (TPSA) is 38.5 Å². The van der Waals surface area contributed by atoms with Crippen molar-refractivity contribution in [1.29, 1.82) is 0 Å². The number of benzene rings is 1. The zero-order valence-corrected chi connectivity index (χ0v) is 8.93. The Bertz CT molecular complexity index is 289. The highest BCUT2D eigenvalue weighted by Gasteiger charge is 2.21. The fourth-order valence-corrected chi connectivity index (χ4v) is 1.93. The van der Waals surface area contributed by atoms with E-state index in [0.29, 0.717) is 12.6 Å². The largest absolute Gasteiger partial charge is 0.378 e. The first-order chi connectivity index (χ1) is 7.40. The maximum atomic E-state index is 5.73. The molecule has 1 aliphatic heterocycles. The summed E-state index contributed by atoms with van der Waals surface area (Å²) in [5, 5.41) is 0. The first-order valence-corrected chi connectivity index (χ1v) is 5.46. The van der Waals surface area contributed by atoms with Crippen LogP contribution in [-0.2, 0) is 11.3 Å². The van der Waals surface area contributed by atoms with Crippen molar-refractivity contribution in [2.45, 2.75) is 12.6 Å². The lowest BCUT2D eigenvalue weighted by molar-refractivity contribution is -0.00792. The minimum absolute atomic E-state index is 0.374. The van der Waals surface area contributed by atoms with Crippen LogP contribution in [-0.4, -0.2) is 37.2 Å². The summed E-state index contributed by atoms with van der Waals surface area (Å²) < 4.78 is 5.42. The van der Waals surface area contributed by atoms with Crippen molar-refractivity contribution < 1.29 is 4.74 Å². The Labute approximate surface area is 90.8 Å². The number of hydrogen-bond acceptors (Lipinski definition) is 3. The lowest BCUT2D eigenvalue weighted by Crippen LogP contribution is -2.48. The zero-order chi connectivity index (χ0) is 10.5. The van der Waals surface area contributed by atoms with E-state index in [1.807, 2.05) is 6.07 Å². The molecule has 2 rings (SSSR count). The Balaban J connectivity index is 1.97. The SMILES string of the molecule is NCC1COCCN1Cc1ccccc1. The Morgan fingerprint density at radius 3 is 2.87 bits per heavy atom. The van der Waals surface area contributed by atoms with Gasteiger partial charge < -0.3 is 10.5 Å². The van der Waals surface area contributed by atoms with Crippen LogP contribution in [0.15, 0.2) is 30.3 Å². The van der Waals surface area contributed by atoms with Crippen molar-refractivity contribution in [3.63, 3.8) is 0 Å². The molecular formula is C12H18N2O. The van der Waals surface area contributed by atoms with E-state index in [2.05, 4.69) is 29.2 Å². The van der Waals surface area contributed by atoms with Gasteiger partial charge in [-0.2, -0.15) is 0 Å². The molecule has 0 saturated carbocycles. The third-order valence-electron chi connectivity index (χ3n) is 2.85. The van der Waals surface area contributed by atoms with Crippen LogP contribution in [0.4, 0.5) is 0 Å². The first-order valence-electron chi connectivity index (χ1n) is 5.46. The van der Waals surface area contributed by atoms with E-state index in [4.69, 9.17) is 10.5 Å². The van der Waals surface area contributed by atoms with Gasteiger partial charge in [0, 0.05) is 25.7 Å². The van der Waals surface area contributed by atoms with Gasteiger partial charge in [0.1, 0.15) is 0 Å². The molecule has 15 heavy (non-hydrogen) atoms. The molecule has 0 spiro atoms. The number of hydrogen-bond donors (Lipinski definition) is 1. The Morgan fingerprint density at radius 2 is 2.13 bits per heavy atom. The van der Waals surface area contributed by atoms with Gasteiger partial charge in [-0.15, -0.1) is 0 Å². The molecule has 82 valence electrons. The molecule has 0 radical (unpaired) electrons. The Hall–Kier alpha value is -0.900. The molecule has 3 heteroatoms. The van der Waals surface area contributed by atoms with Gasteiger partial charge in [-0.05, 0) is 5.56 Å². The highest BCUT2D eigenvalue weighted by atomic mass is 16.5. The summed E-state index contributed by atoms with van der Waals surface area (Å²) in [6.45, 7) is 4.22. The first kappa shape index (κ1) is 10.6. The zero-order valence-electron chi connectivity index (χ0n) is 8.93. The van der Waals surface area contributed by atoms with Crippen molar-refractivity contribution in [1.82, 2.24) is 4.90 Å². The Kier molecular flexibility index (Phi) is 3.72. The van der Waals surface area contributed by atoms with Gasteiger partial charge in [-0.25, -0.2) is 0 Å². The van der Waals surface area contributed by atoms with Gasteiger partial charge >= 0.3 is 0 Å². The van der Waals surface area contributed by atoms with Crippen molar-refractivity contribution >= 4 is 0 Å². The third kappa shape index (κ3) is 2.78. The average Bonchev–Trinajstić information content (AvgIpc) is 2.31. The summed E-state index contributed by atoms with van der Waals surface area (Å²) in [6.07, 6.45) is 0. The van der Waals surface area contributed by atoms with Gasteiger partial charge in [0.05, 0.1) is 13.2 Å². The lowest BCUT2D eigenvalue weighted by Gasteiger charge is -2.34. The van der Waals surface area contributed by atoms with E-state index in [1.54, 1.807) is 0 Å². The summed E-state index contributed by atoms with van der Waals surface area (Å²) in [4.78, 5) is 2.40. The standard InChI is InChI=1S/C12H18N2O/c13-8-12-10-15-7-6-14(12)9-11-4-2-1-3-5-11/h1-5,12H,6-10,13H2. The molecule has 0 amide bonds. The summed E-state index contributed by atoms with van der Waals surface area (Å²) in [7, 11) is 0. The summed E-state index contributed by atoms with van der Waals surface area (Å²) in [5.41, 5.74) is 7.07. The minimum Gasteiger partial charge on any atom is -0.378 e. The van der Waals surface area contributed by atoms with Crippen LogP contribution in [0.1, 0.15) is 5.56 Å². The van der Waals surface area contributed by atoms with Crippen LogP contribution in [0.5, 0.6) is 0 Å². The van der Waals surface area contributed by atoms with E-state index in [0.717, 1.165) is 26.3 Å². The van der Waals surface area contributed by atoms with Gasteiger partial charge in [-0.3, -0.25) is 4.90 Å². The van der Waals surface area contributed by atoms with Crippen LogP contribution < -0.4 is 5.73 Å². The molecule has 0 bridgehead atoms. The van der Waals surface area contributed by atoms with E-state index in [9.17, 15) is 0 Å². The van der Waals surface area contributed by atoms with Crippen LogP contribution in [0.2, 0.25) is 0 Å². The highest BCUT2D eigenvalue weighted by molar-refractivity contribution is 5.14. The fraction of sp³-hybridized carbons (Fsp3) is 0.500. The normalized spacial score (nSPS) is 22.9. The third-order valence-corrected chi connectivity index (χ3v) is 2.85. The van der Waals surface area contributed by atoms with Crippen molar-refractivity contribution in [2.75, 3.05) is 26.3 Å². The molecule has 1 saturated heterocycles. The molecule has 1 atom stereocenters. The van der Waals surface area contributed by atoms with Gasteiger partial charge in [-0.1, -0.05) is 30.3 Å². The molecule has 1 fully saturated rings. The predicted octanol–water partition coefficient (Wildman–Crippen LogP) is 0.846. The molecule has 3 nitrogen and oxygen atoms in total. The maximum Gasteiger partial charge on any atom is 0.0634 e. The molecule has 0 aromatic heterocycles. The summed E-state index contributed by atoms with van der Waals surface area (Å²) in [6, 6.07) is 10.9. The molecular weight excluding hydrogens is 188 g/mol. The van der Waals surface area contributed by atoms with Crippen LogP contribution in [0, 0.1) is 0 Å². The number of nitrogens with zero attached hydrogens (tertiary/aromatic N) is 1. The van der Waals surface area contributed by atoms with E-state index in [-0.39, 0.29) is 0 Å². The fourth-order valence-electron chi connectivity index (χ4n) is 1.93. The number of morpholine rings is 1. The van der Waals surface area contributed by atoms with Gasteiger partial charge in [0.15, 0.2) is 0 Å². The van der Waals surface area contributed by atoms with Gasteiger partial charge in [0.25, 0.3) is 0 Å². The molecule has 1 aromatic carbocycles. The van der Waals surface area contributed by atoms with Crippen LogP contribution >= 0.6 is 0 Å². The predicted molar refractivity (Wildman–Crippen MR) is 60.5 cm³/mol. The van der Waals surface area contributed by atoms with Crippen molar-refractivity contribution in [3.8, 4) is 0 Å². The van der Waals surface area contributed by atoms with Gasteiger partial charge in [0.2, 0.25) is 0 Å². The number of nitrogens with two attached hydrogens (primary N) is 1. The highest BCUT2D eigenvalue weighted by Crippen LogP contribution is 2.11. The monoisotopic (exact) mass is 206 g/mol. The van der Waals surface area contributed by atoms with E-state index >= 15 is 0 Å². The van der Waals surface area contributed by atoms with Crippen LogP contribution in [0.3, 0.4) is 0 Å². The summed E-state index contributed by atoms with van der Waals surface area (Å²) in [5.74, 6) is 0. The second kappa shape index (κ2) is 5.26. The molecule has 1 unspecified atom stereocenters. The van der Waals surface area contributed by atoms with E-state index in [1.165, 1.54) is 5.56 Å². The number of rotatable bonds is 3. The molecule has 1 heterocycles. The smallest absolute Gasteiger partial charge is 0.0634 e. The summed E-state index contributed by atoms with van der Waals surface area (Å²) >= 11 is 0. The molecule has 2 N–H and O–H groups in total. The number of ether oxygens (including phenoxy) is 1. The Morgan fingerprint density at radius 1 is 1.33 bits per heavy atom. The average molecular weight is 206 g/mol. The molecule has 1 aliphatic rings. The van der Waals surface area contributed by atoms with Crippen LogP contribution in [0.25, 0.3) is 0 Å². The van der Waals surface area contributed by atoms with E-state index < -0.39 is 0 Å². The molecule has 1 aromatic rings. The second-order valence-corrected chi connectivity index (χ2v) is 3.92. The van der Waals surface area contributed by atoms with Crippen molar-refractivity contribution in [3.05, 3.63) is 35.9 Å². The van der Waals surface area contributed by atoms with Crippen molar-refractivity contribution in [2.24, 2.45) is 5.73 Å².